The Balaban J connectivity index is 2.24. The quantitative estimate of drug-likeness (QED) is 0.890. The van der Waals surface area contributed by atoms with E-state index in [2.05, 4.69) is 21.8 Å². The number of halogens is 1. The van der Waals surface area contributed by atoms with E-state index in [4.69, 9.17) is 16.3 Å². The van der Waals surface area contributed by atoms with Crippen molar-refractivity contribution in [3.63, 3.8) is 0 Å². The van der Waals surface area contributed by atoms with Crippen LogP contribution in [0.4, 0.5) is 0 Å². The summed E-state index contributed by atoms with van der Waals surface area (Å²) in [5, 5.41) is 8.05. The molecule has 0 fully saturated rings. The van der Waals surface area contributed by atoms with E-state index < -0.39 is 0 Å². The molecular weight excluding hydrogens is 282 g/mol. The maximum Gasteiger partial charge on any atom is 0.122 e. The number of likely N-dealkylation sites (N-methyl/N-ethyl adjacent to an activating group) is 1. The average molecular weight is 298 g/mol. The minimum absolute atomic E-state index is 0.178. The normalized spacial score (nSPS) is 12.4. The van der Waals surface area contributed by atoms with Crippen molar-refractivity contribution >= 4 is 23.1 Å². The van der Waals surface area contributed by atoms with Gasteiger partial charge in [0, 0.05) is 11.1 Å². The largest absolute Gasteiger partial charge is 0.496 e. The van der Waals surface area contributed by atoms with Crippen LogP contribution in [0.15, 0.2) is 24.4 Å². The molecule has 1 atom stereocenters. The Labute approximate surface area is 121 Å². The van der Waals surface area contributed by atoms with Crippen molar-refractivity contribution < 1.29 is 4.74 Å². The number of hydrogen-bond donors (Lipinski definition) is 1. The van der Waals surface area contributed by atoms with Gasteiger partial charge < -0.3 is 10.1 Å². The van der Waals surface area contributed by atoms with Crippen LogP contribution in [0.1, 0.15) is 23.4 Å². The van der Waals surface area contributed by atoms with E-state index >= 15 is 0 Å². The molecule has 0 saturated heterocycles. The minimum atomic E-state index is 0.178. The molecular formula is C13H16ClN3OS. The maximum absolute atomic E-state index is 6.06. The Bertz CT molecular complexity index is 519. The number of aromatic nitrogens is 2. The van der Waals surface area contributed by atoms with Gasteiger partial charge in [0.15, 0.2) is 0 Å². The van der Waals surface area contributed by atoms with Gasteiger partial charge in [0.05, 0.1) is 18.2 Å². The van der Waals surface area contributed by atoms with E-state index in [9.17, 15) is 0 Å². The van der Waals surface area contributed by atoms with Gasteiger partial charge in [-0.2, -0.15) is 0 Å². The Hall–Kier alpha value is -1.17. The maximum atomic E-state index is 6.06. The molecule has 0 spiro atoms. The molecule has 0 bridgehead atoms. The molecule has 2 rings (SSSR count). The Morgan fingerprint density at radius 2 is 2.32 bits per heavy atom. The molecule has 1 heterocycles. The van der Waals surface area contributed by atoms with Gasteiger partial charge >= 0.3 is 0 Å². The molecule has 0 aliphatic rings. The van der Waals surface area contributed by atoms with Crippen LogP contribution in [-0.4, -0.2) is 23.2 Å². The smallest absolute Gasteiger partial charge is 0.122 e. The molecule has 19 heavy (non-hydrogen) atoms. The lowest BCUT2D eigenvalue weighted by Gasteiger charge is -2.17. The highest BCUT2D eigenvalue weighted by Crippen LogP contribution is 2.28. The van der Waals surface area contributed by atoms with Gasteiger partial charge in [0.25, 0.3) is 0 Å². The molecule has 6 heteroatoms. The van der Waals surface area contributed by atoms with Crippen LogP contribution in [-0.2, 0) is 6.42 Å². The zero-order chi connectivity index (χ0) is 13.7. The van der Waals surface area contributed by atoms with Crippen LogP contribution in [0.2, 0.25) is 5.02 Å². The summed E-state index contributed by atoms with van der Waals surface area (Å²) in [6.07, 6.45) is 2.59. The third-order valence-electron chi connectivity index (χ3n) is 2.84. The lowest BCUT2D eigenvalue weighted by atomic mass is 10.0. The zero-order valence-corrected chi connectivity index (χ0v) is 12.5. The third-order valence-corrected chi connectivity index (χ3v) is 3.85. The lowest BCUT2D eigenvalue weighted by molar-refractivity contribution is 0.406. The lowest BCUT2D eigenvalue weighted by Crippen LogP contribution is -2.22. The molecule has 1 aromatic heterocycles. The number of methoxy groups -OCH3 is 1. The summed E-state index contributed by atoms with van der Waals surface area (Å²) < 4.78 is 9.30. The highest BCUT2D eigenvalue weighted by atomic mass is 35.5. The van der Waals surface area contributed by atoms with E-state index in [0.717, 1.165) is 29.2 Å². The van der Waals surface area contributed by atoms with E-state index in [-0.39, 0.29) is 6.04 Å². The first-order valence-electron chi connectivity index (χ1n) is 6.07. The first-order chi connectivity index (χ1) is 9.24. The fourth-order valence-electron chi connectivity index (χ4n) is 1.97. The van der Waals surface area contributed by atoms with Crippen LogP contribution in [0.25, 0.3) is 0 Å². The summed E-state index contributed by atoms with van der Waals surface area (Å²) in [7, 11) is 1.67. The fraction of sp³-hybridized carbons (Fsp3) is 0.385. The van der Waals surface area contributed by atoms with Gasteiger partial charge in [-0.05, 0) is 48.3 Å². The number of hydrogen-bond acceptors (Lipinski definition) is 5. The summed E-state index contributed by atoms with van der Waals surface area (Å²) in [4.78, 5) is 1.11. The van der Waals surface area contributed by atoms with Gasteiger partial charge in [-0.3, -0.25) is 0 Å². The Kier molecular flexibility index (Phi) is 5.13. The first-order valence-corrected chi connectivity index (χ1v) is 7.22. The molecule has 1 aromatic carbocycles. The number of ether oxygens (including phenoxy) is 1. The van der Waals surface area contributed by atoms with E-state index in [1.54, 1.807) is 13.3 Å². The van der Waals surface area contributed by atoms with Gasteiger partial charge in [-0.15, -0.1) is 5.10 Å². The molecule has 0 aliphatic heterocycles. The van der Waals surface area contributed by atoms with Crippen molar-refractivity contribution in [1.82, 2.24) is 14.9 Å². The summed E-state index contributed by atoms with van der Waals surface area (Å²) in [6.45, 7) is 2.96. The number of benzene rings is 1. The van der Waals surface area contributed by atoms with E-state index in [1.807, 2.05) is 18.2 Å². The molecule has 0 saturated carbocycles. The number of nitrogens with zero attached hydrogens (tertiary/aromatic N) is 2. The second-order valence-corrected chi connectivity index (χ2v) is 5.34. The predicted octanol–water partition coefficient (Wildman–Crippen LogP) is 3.09. The summed E-state index contributed by atoms with van der Waals surface area (Å²) >= 11 is 7.47. The van der Waals surface area contributed by atoms with Crippen LogP contribution in [0.3, 0.4) is 0 Å². The second-order valence-electron chi connectivity index (χ2n) is 4.09. The molecule has 102 valence electrons. The van der Waals surface area contributed by atoms with Crippen LogP contribution >= 0.6 is 23.1 Å². The highest BCUT2D eigenvalue weighted by Gasteiger charge is 2.16. The van der Waals surface area contributed by atoms with E-state index in [1.165, 1.54) is 11.5 Å². The van der Waals surface area contributed by atoms with Crippen molar-refractivity contribution in [2.45, 2.75) is 19.4 Å². The van der Waals surface area contributed by atoms with E-state index in [0.29, 0.717) is 5.02 Å². The summed E-state index contributed by atoms with van der Waals surface area (Å²) in [6, 6.07) is 5.85. The summed E-state index contributed by atoms with van der Waals surface area (Å²) in [5.41, 5.74) is 1.08. The zero-order valence-electron chi connectivity index (χ0n) is 10.9. The monoisotopic (exact) mass is 297 g/mol. The third kappa shape index (κ3) is 3.65. The SMILES string of the molecule is CCNC(Cc1cc(Cl)ccc1OC)c1cnns1. The molecule has 0 radical (unpaired) electrons. The van der Waals surface area contributed by atoms with Crippen LogP contribution in [0, 0.1) is 0 Å². The van der Waals surface area contributed by atoms with Crippen LogP contribution in [0.5, 0.6) is 5.75 Å². The number of nitrogens with one attached hydrogen (secondary N) is 1. The first kappa shape index (κ1) is 14.2. The number of rotatable bonds is 6. The molecule has 0 amide bonds. The molecule has 2 aromatic rings. The van der Waals surface area contributed by atoms with Crippen LogP contribution < -0.4 is 10.1 Å². The summed E-state index contributed by atoms with van der Waals surface area (Å²) in [5.74, 6) is 0.852. The fourth-order valence-corrected chi connectivity index (χ4v) is 2.75. The average Bonchev–Trinajstić information content (AvgIpc) is 2.92. The Morgan fingerprint density at radius 3 is 2.95 bits per heavy atom. The molecule has 1 unspecified atom stereocenters. The van der Waals surface area contributed by atoms with Crippen molar-refractivity contribution in [3.05, 3.63) is 39.9 Å². The van der Waals surface area contributed by atoms with Crippen molar-refractivity contribution in [1.29, 1.82) is 0 Å². The molecule has 4 nitrogen and oxygen atoms in total. The minimum Gasteiger partial charge on any atom is -0.496 e. The predicted molar refractivity (Wildman–Crippen MR) is 78.0 cm³/mol. The molecule has 0 aliphatic carbocycles. The van der Waals surface area contributed by atoms with Crippen molar-refractivity contribution in [2.75, 3.05) is 13.7 Å². The van der Waals surface area contributed by atoms with Crippen molar-refractivity contribution in [3.8, 4) is 5.75 Å². The Morgan fingerprint density at radius 1 is 1.47 bits per heavy atom. The highest BCUT2D eigenvalue weighted by molar-refractivity contribution is 7.05. The van der Waals surface area contributed by atoms with Gasteiger partial charge in [0.2, 0.25) is 0 Å². The van der Waals surface area contributed by atoms with Gasteiger partial charge in [0.1, 0.15) is 5.75 Å². The van der Waals surface area contributed by atoms with Gasteiger partial charge in [-0.1, -0.05) is 23.0 Å². The topological polar surface area (TPSA) is 47.0 Å². The van der Waals surface area contributed by atoms with Crippen molar-refractivity contribution in [2.24, 2.45) is 0 Å². The second kappa shape index (κ2) is 6.84. The molecule has 1 N–H and O–H groups in total. The standard InChI is InChI=1S/C13H16ClN3OS/c1-3-15-11(13-8-16-17-19-13)7-9-6-10(14)4-5-12(9)18-2/h4-6,8,11,15H,3,7H2,1-2H3. The van der Waals surface area contributed by atoms with Gasteiger partial charge in [-0.25, -0.2) is 0 Å².